The third kappa shape index (κ3) is 5.70. The van der Waals surface area contributed by atoms with Crippen LogP contribution in [0.3, 0.4) is 0 Å². The molecule has 0 aromatic heterocycles. The zero-order chi connectivity index (χ0) is 24.8. The molecular weight excluding hydrogens is 458 g/mol. The molecule has 184 valence electrons. The molecule has 0 saturated carbocycles. The second-order valence-electron chi connectivity index (χ2n) is 8.58. The standard InChI is InChI=1S/C27H33N5O2S/c1-4-31(5-2)25(33)23-19(3)29-27-32(16-9-17-35-27)24(23)21-12-14-22(15-13-21)30-26(34)28-18-20-10-7-6-8-11-20/h6-8,10-15,24H,4-5,9,16-18H2,1-3H3,(H2,28,30,34). The highest BCUT2D eigenvalue weighted by Gasteiger charge is 2.38. The monoisotopic (exact) mass is 491 g/mol. The minimum absolute atomic E-state index is 0.0402. The number of fused-ring (bicyclic) bond motifs is 1. The van der Waals surface area contributed by atoms with Crippen LogP contribution < -0.4 is 10.6 Å². The van der Waals surface area contributed by atoms with E-state index in [-0.39, 0.29) is 18.0 Å². The summed E-state index contributed by atoms with van der Waals surface area (Å²) < 4.78 is 0. The fourth-order valence-electron chi connectivity index (χ4n) is 4.47. The molecule has 2 aliphatic heterocycles. The molecule has 2 N–H and O–H groups in total. The predicted molar refractivity (Wildman–Crippen MR) is 143 cm³/mol. The maximum atomic E-state index is 13.5. The largest absolute Gasteiger partial charge is 0.340 e. The van der Waals surface area contributed by atoms with Gasteiger partial charge in [-0.3, -0.25) is 4.79 Å². The molecule has 0 spiro atoms. The summed E-state index contributed by atoms with van der Waals surface area (Å²) in [5.74, 6) is 1.08. The summed E-state index contributed by atoms with van der Waals surface area (Å²) in [5, 5.41) is 6.76. The van der Waals surface area contributed by atoms with Crippen LogP contribution >= 0.6 is 11.8 Å². The number of hydrogen-bond acceptors (Lipinski definition) is 5. The van der Waals surface area contributed by atoms with Crippen molar-refractivity contribution in [3.63, 3.8) is 0 Å². The number of rotatable bonds is 7. The van der Waals surface area contributed by atoms with Crippen LogP contribution in [0.15, 0.2) is 70.9 Å². The van der Waals surface area contributed by atoms with Gasteiger partial charge in [-0.05, 0) is 50.5 Å². The lowest BCUT2D eigenvalue weighted by molar-refractivity contribution is -0.127. The number of aliphatic imine (C=N–C) groups is 1. The van der Waals surface area contributed by atoms with E-state index in [0.29, 0.717) is 25.3 Å². The molecule has 8 heteroatoms. The van der Waals surface area contributed by atoms with Gasteiger partial charge in [-0.15, -0.1) is 0 Å². The molecule has 1 unspecified atom stereocenters. The number of nitrogens with one attached hydrogen (secondary N) is 2. The Morgan fingerprint density at radius 1 is 1.09 bits per heavy atom. The first-order chi connectivity index (χ1) is 17.0. The summed E-state index contributed by atoms with van der Waals surface area (Å²) in [7, 11) is 0. The summed E-state index contributed by atoms with van der Waals surface area (Å²) in [5.41, 5.74) is 4.29. The van der Waals surface area contributed by atoms with Gasteiger partial charge < -0.3 is 20.4 Å². The molecule has 1 atom stereocenters. The summed E-state index contributed by atoms with van der Waals surface area (Å²) in [6.07, 6.45) is 1.05. The van der Waals surface area contributed by atoms with Gasteiger partial charge in [0.15, 0.2) is 5.17 Å². The third-order valence-corrected chi connectivity index (χ3v) is 7.40. The maximum absolute atomic E-state index is 13.5. The first-order valence-electron chi connectivity index (χ1n) is 12.2. The minimum Gasteiger partial charge on any atom is -0.340 e. The Morgan fingerprint density at radius 2 is 1.80 bits per heavy atom. The van der Waals surface area contributed by atoms with Crippen LogP contribution in [0.25, 0.3) is 0 Å². The normalized spacial score (nSPS) is 17.4. The molecule has 4 rings (SSSR count). The van der Waals surface area contributed by atoms with Crippen molar-refractivity contribution in [3.05, 3.63) is 77.0 Å². The second kappa shape index (κ2) is 11.4. The summed E-state index contributed by atoms with van der Waals surface area (Å²) >= 11 is 1.75. The van der Waals surface area contributed by atoms with Gasteiger partial charge in [0.2, 0.25) is 0 Å². The van der Waals surface area contributed by atoms with Gasteiger partial charge >= 0.3 is 6.03 Å². The molecule has 35 heavy (non-hydrogen) atoms. The Kier molecular flexibility index (Phi) is 8.13. The average Bonchev–Trinajstić information content (AvgIpc) is 2.88. The highest BCUT2D eigenvalue weighted by molar-refractivity contribution is 8.13. The Morgan fingerprint density at radius 3 is 2.49 bits per heavy atom. The van der Waals surface area contributed by atoms with E-state index in [0.717, 1.165) is 46.3 Å². The van der Waals surface area contributed by atoms with Gasteiger partial charge in [-0.25, -0.2) is 9.79 Å². The van der Waals surface area contributed by atoms with Gasteiger partial charge in [-0.1, -0.05) is 54.2 Å². The van der Waals surface area contributed by atoms with Crippen molar-refractivity contribution in [1.29, 1.82) is 0 Å². The van der Waals surface area contributed by atoms with E-state index in [1.54, 1.807) is 11.8 Å². The van der Waals surface area contributed by atoms with E-state index >= 15 is 0 Å². The van der Waals surface area contributed by atoms with Crippen molar-refractivity contribution in [2.45, 2.75) is 39.8 Å². The van der Waals surface area contributed by atoms with Crippen LogP contribution in [0.1, 0.15) is 44.4 Å². The van der Waals surface area contributed by atoms with Gasteiger partial charge in [0.05, 0.1) is 17.3 Å². The number of benzene rings is 2. The molecule has 2 aromatic rings. The van der Waals surface area contributed by atoms with Crippen LogP contribution in [-0.2, 0) is 11.3 Å². The smallest absolute Gasteiger partial charge is 0.319 e. The lowest BCUT2D eigenvalue weighted by Crippen LogP contribution is -2.45. The number of amides is 3. The van der Waals surface area contributed by atoms with Crippen LogP contribution in [0.2, 0.25) is 0 Å². The number of amidine groups is 1. The van der Waals surface area contributed by atoms with Crippen LogP contribution in [0, 0.1) is 0 Å². The van der Waals surface area contributed by atoms with E-state index < -0.39 is 0 Å². The summed E-state index contributed by atoms with van der Waals surface area (Å²) in [4.78, 5) is 34.8. The quantitative estimate of drug-likeness (QED) is 0.571. The minimum atomic E-state index is -0.255. The second-order valence-corrected chi connectivity index (χ2v) is 9.65. The van der Waals surface area contributed by atoms with Crippen molar-refractivity contribution in [1.82, 2.24) is 15.1 Å². The first kappa shape index (κ1) is 24.9. The molecule has 2 aliphatic rings. The SMILES string of the molecule is CCN(CC)C(=O)C1=C(C)N=C2SCCCN2C1c1ccc(NC(=O)NCc2ccccc2)cc1. The number of anilines is 1. The Labute approximate surface area is 211 Å². The molecular formula is C27H33N5O2S. The number of nitrogens with zero attached hydrogens (tertiary/aromatic N) is 3. The molecule has 1 fully saturated rings. The topological polar surface area (TPSA) is 77.0 Å². The number of urea groups is 1. The van der Waals surface area contributed by atoms with Gasteiger partial charge in [-0.2, -0.15) is 0 Å². The molecule has 2 aromatic carbocycles. The molecule has 3 amide bonds. The molecule has 1 saturated heterocycles. The zero-order valence-electron chi connectivity index (χ0n) is 20.6. The van der Waals surface area contributed by atoms with Crippen molar-refractivity contribution < 1.29 is 9.59 Å². The highest BCUT2D eigenvalue weighted by atomic mass is 32.2. The average molecular weight is 492 g/mol. The lowest BCUT2D eigenvalue weighted by Gasteiger charge is -2.41. The number of likely N-dealkylation sites (N-methyl/N-ethyl adjacent to an activating group) is 1. The van der Waals surface area contributed by atoms with Crippen LogP contribution in [0.5, 0.6) is 0 Å². The molecule has 0 aliphatic carbocycles. The van der Waals surface area contributed by atoms with Crippen molar-refractivity contribution in [2.75, 3.05) is 30.7 Å². The van der Waals surface area contributed by atoms with Crippen LogP contribution in [0.4, 0.5) is 10.5 Å². The van der Waals surface area contributed by atoms with Crippen molar-refractivity contribution >= 4 is 34.6 Å². The van der Waals surface area contributed by atoms with Gasteiger partial charge in [0.25, 0.3) is 5.91 Å². The maximum Gasteiger partial charge on any atom is 0.319 e. The summed E-state index contributed by atoms with van der Waals surface area (Å²) in [6.45, 7) is 8.59. The van der Waals surface area contributed by atoms with E-state index in [2.05, 4.69) is 15.5 Å². The summed E-state index contributed by atoms with van der Waals surface area (Å²) in [6, 6.07) is 17.2. The van der Waals surface area contributed by atoms with E-state index in [4.69, 9.17) is 4.99 Å². The highest BCUT2D eigenvalue weighted by Crippen LogP contribution is 2.40. The van der Waals surface area contributed by atoms with Crippen molar-refractivity contribution in [3.8, 4) is 0 Å². The lowest BCUT2D eigenvalue weighted by atomic mass is 9.93. The van der Waals surface area contributed by atoms with Crippen LogP contribution in [-0.4, -0.2) is 52.3 Å². The van der Waals surface area contributed by atoms with Gasteiger partial charge in [0.1, 0.15) is 0 Å². The molecule has 7 nitrogen and oxygen atoms in total. The number of thioether (sulfide) groups is 1. The molecule has 2 heterocycles. The number of allylic oxidation sites excluding steroid dienone is 1. The number of carbonyl (C=O) groups is 2. The van der Waals surface area contributed by atoms with E-state index in [1.165, 1.54) is 0 Å². The zero-order valence-corrected chi connectivity index (χ0v) is 21.4. The van der Waals surface area contributed by atoms with E-state index in [1.807, 2.05) is 80.3 Å². The number of hydrogen-bond donors (Lipinski definition) is 2. The van der Waals surface area contributed by atoms with Gasteiger partial charge in [0, 0.05) is 37.6 Å². The van der Waals surface area contributed by atoms with E-state index in [9.17, 15) is 9.59 Å². The third-order valence-electron chi connectivity index (χ3n) is 6.32. The first-order valence-corrected chi connectivity index (χ1v) is 13.2. The Balaban J connectivity index is 1.54. The Hall–Kier alpha value is -3.26. The molecule has 0 radical (unpaired) electrons. The number of carbonyl (C=O) groups excluding carboxylic acids is 2. The molecule has 0 bridgehead atoms. The fraction of sp³-hybridized carbons (Fsp3) is 0.370. The Bertz CT molecular complexity index is 1110. The van der Waals surface area contributed by atoms with Crippen molar-refractivity contribution in [2.24, 2.45) is 4.99 Å². The predicted octanol–water partition coefficient (Wildman–Crippen LogP) is 5.00. The fourth-order valence-corrected chi connectivity index (χ4v) is 5.49.